The molecule has 2 heterocycles. The van der Waals surface area contributed by atoms with Gasteiger partial charge in [-0.3, -0.25) is 9.89 Å². The van der Waals surface area contributed by atoms with Crippen LogP contribution in [0.1, 0.15) is 0 Å². The van der Waals surface area contributed by atoms with Crippen molar-refractivity contribution in [3.8, 4) is 17.2 Å². The van der Waals surface area contributed by atoms with Gasteiger partial charge in [0.15, 0.2) is 11.5 Å². The minimum absolute atomic E-state index is 0.201. The van der Waals surface area contributed by atoms with E-state index in [4.69, 9.17) is 0 Å². The molecular weight excluding hydrogens is 268 g/mol. The first-order valence-electron chi connectivity index (χ1n) is 6.39. The van der Waals surface area contributed by atoms with Crippen molar-refractivity contribution in [3.63, 3.8) is 0 Å². The lowest BCUT2D eigenvalue weighted by atomic mass is 10.2. The van der Waals surface area contributed by atoms with Gasteiger partial charge in [0.05, 0.1) is 11.4 Å². The molecular formula is C14H14N6O. The fraction of sp³-hybridized carbons (Fsp3) is 0.143. The highest BCUT2D eigenvalue weighted by Crippen LogP contribution is 2.23. The van der Waals surface area contributed by atoms with E-state index in [1.165, 1.54) is 17.1 Å². The number of aromatic amines is 1. The van der Waals surface area contributed by atoms with Gasteiger partial charge in [-0.15, -0.1) is 0 Å². The zero-order valence-electron chi connectivity index (χ0n) is 11.7. The molecule has 1 aromatic carbocycles. The predicted molar refractivity (Wildman–Crippen MR) is 79.5 cm³/mol. The highest BCUT2D eigenvalue weighted by Gasteiger charge is 2.15. The van der Waals surface area contributed by atoms with Crippen LogP contribution in [0.25, 0.3) is 17.2 Å². The van der Waals surface area contributed by atoms with E-state index in [1.807, 2.05) is 49.3 Å². The van der Waals surface area contributed by atoms with Gasteiger partial charge in [0, 0.05) is 20.2 Å². The van der Waals surface area contributed by atoms with E-state index in [0.29, 0.717) is 22.9 Å². The number of aromatic nitrogens is 5. The van der Waals surface area contributed by atoms with Crippen molar-refractivity contribution in [2.75, 3.05) is 19.0 Å². The number of para-hydroxylation sites is 1. The Labute approximate surface area is 120 Å². The third-order valence-corrected chi connectivity index (χ3v) is 3.03. The molecule has 0 radical (unpaired) electrons. The summed E-state index contributed by atoms with van der Waals surface area (Å²) in [5.74, 6) is 0.517. The Morgan fingerprint density at radius 2 is 1.95 bits per heavy atom. The van der Waals surface area contributed by atoms with E-state index in [-0.39, 0.29) is 5.56 Å². The van der Waals surface area contributed by atoms with Gasteiger partial charge >= 0.3 is 0 Å². The Balaban J connectivity index is 2.25. The summed E-state index contributed by atoms with van der Waals surface area (Å²) in [4.78, 5) is 18.2. The highest BCUT2D eigenvalue weighted by molar-refractivity contribution is 5.69. The van der Waals surface area contributed by atoms with Gasteiger partial charge in [-0.2, -0.15) is 14.9 Å². The van der Waals surface area contributed by atoms with E-state index >= 15 is 0 Å². The summed E-state index contributed by atoms with van der Waals surface area (Å²) >= 11 is 0. The van der Waals surface area contributed by atoms with Crippen LogP contribution >= 0.6 is 0 Å². The van der Waals surface area contributed by atoms with Crippen molar-refractivity contribution in [1.82, 2.24) is 25.0 Å². The molecule has 21 heavy (non-hydrogen) atoms. The molecule has 7 nitrogen and oxygen atoms in total. The van der Waals surface area contributed by atoms with Crippen LogP contribution in [0, 0.1) is 0 Å². The molecule has 1 N–H and O–H groups in total. The predicted octanol–water partition coefficient (Wildman–Crippen LogP) is 1.08. The molecule has 0 saturated carbocycles. The molecule has 0 amide bonds. The molecule has 0 aliphatic heterocycles. The summed E-state index contributed by atoms with van der Waals surface area (Å²) in [5, 5.41) is 11.1. The second-order valence-corrected chi connectivity index (χ2v) is 4.69. The molecule has 7 heteroatoms. The number of benzene rings is 1. The number of H-pyrrole nitrogens is 1. The summed E-state index contributed by atoms with van der Waals surface area (Å²) < 4.78 is 1.35. The van der Waals surface area contributed by atoms with Crippen molar-refractivity contribution in [3.05, 3.63) is 53.1 Å². The quantitative estimate of drug-likeness (QED) is 0.777. The first-order valence-corrected chi connectivity index (χ1v) is 6.39. The summed E-state index contributed by atoms with van der Waals surface area (Å²) in [7, 11) is 3.70. The van der Waals surface area contributed by atoms with Crippen molar-refractivity contribution >= 4 is 5.69 Å². The fourth-order valence-electron chi connectivity index (χ4n) is 2.03. The SMILES string of the molecule is CN(C)c1cc(=O)n(-c2ccccc2)nc1-c1ncn[nH]1. The second kappa shape index (κ2) is 5.20. The van der Waals surface area contributed by atoms with Crippen molar-refractivity contribution in [2.45, 2.75) is 0 Å². The molecule has 0 aliphatic rings. The Kier molecular flexibility index (Phi) is 3.23. The average molecular weight is 282 g/mol. The van der Waals surface area contributed by atoms with Crippen molar-refractivity contribution < 1.29 is 0 Å². The monoisotopic (exact) mass is 282 g/mol. The van der Waals surface area contributed by atoms with E-state index in [1.54, 1.807) is 0 Å². The maximum atomic E-state index is 12.3. The molecule has 3 rings (SSSR count). The number of nitrogens with one attached hydrogen (secondary N) is 1. The van der Waals surface area contributed by atoms with Gasteiger partial charge in [-0.1, -0.05) is 18.2 Å². The first-order chi connectivity index (χ1) is 10.2. The first kappa shape index (κ1) is 13.0. The molecule has 2 aromatic heterocycles. The lowest BCUT2D eigenvalue weighted by Crippen LogP contribution is -2.24. The minimum atomic E-state index is -0.201. The Hall–Kier alpha value is -2.96. The number of anilines is 1. The molecule has 0 fully saturated rings. The lowest BCUT2D eigenvalue weighted by molar-refractivity contribution is 0.804. The highest BCUT2D eigenvalue weighted by atomic mass is 16.1. The van der Waals surface area contributed by atoms with E-state index < -0.39 is 0 Å². The zero-order valence-corrected chi connectivity index (χ0v) is 11.7. The molecule has 0 aliphatic carbocycles. The summed E-state index contributed by atoms with van der Waals surface area (Å²) in [6.07, 6.45) is 1.41. The van der Waals surface area contributed by atoms with Crippen LogP contribution in [-0.2, 0) is 0 Å². The van der Waals surface area contributed by atoms with Gasteiger partial charge < -0.3 is 4.90 Å². The molecule has 0 spiro atoms. The van der Waals surface area contributed by atoms with Gasteiger partial charge in [-0.05, 0) is 12.1 Å². The molecule has 0 unspecified atom stereocenters. The Morgan fingerprint density at radius 3 is 2.57 bits per heavy atom. The molecule has 0 bridgehead atoms. The maximum Gasteiger partial charge on any atom is 0.273 e. The normalized spacial score (nSPS) is 10.6. The van der Waals surface area contributed by atoms with E-state index in [0.717, 1.165) is 0 Å². The van der Waals surface area contributed by atoms with Crippen LogP contribution in [0.3, 0.4) is 0 Å². The molecule has 106 valence electrons. The summed E-state index contributed by atoms with van der Waals surface area (Å²) in [6, 6.07) is 10.8. The topological polar surface area (TPSA) is 79.7 Å². The van der Waals surface area contributed by atoms with Gasteiger partial charge in [0.25, 0.3) is 5.56 Å². The van der Waals surface area contributed by atoms with Crippen LogP contribution in [0.2, 0.25) is 0 Å². The van der Waals surface area contributed by atoms with Gasteiger partial charge in [0.1, 0.15) is 6.33 Å². The Bertz CT molecular complexity index is 792. The number of hydrogen-bond donors (Lipinski definition) is 1. The Morgan fingerprint density at radius 1 is 1.19 bits per heavy atom. The lowest BCUT2D eigenvalue weighted by Gasteiger charge is -2.16. The van der Waals surface area contributed by atoms with Gasteiger partial charge in [-0.25, -0.2) is 4.98 Å². The molecule has 0 saturated heterocycles. The largest absolute Gasteiger partial charge is 0.376 e. The van der Waals surface area contributed by atoms with Crippen LogP contribution in [0.5, 0.6) is 0 Å². The fourth-order valence-corrected chi connectivity index (χ4v) is 2.03. The number of rotatable bonds is 3. The maximum absolute atomic E-state index is 12.3. The molecule has 3 aromatic rings. The van der Waals surface area contributed by atoms with Gasteiger partial charge in [0.2, 0.25) is 0 Å². The van der Waals surface area contributed by atoms with Crippen LogP contribution < -0.4 is 10.5 Å². The third-order valence-electron chi connectivity index (χ3n) is 3.03. The second-order valence-electron chi connectivity index (χ2n) is 4.69. The summed E-state index contributed by atoms with van der Waals surface area (Å²) in [5.41, 5.74) is 1.76. The smallest absolute Gasteiger partial charge is 0.273 e. The van der Waals surface area contributed by atoms with Crippen LogP contribution in [0.15, 0.2) is 47.5 Å². The average Bonchev–Trinajstić information content (AvgIpc) is 3.02. The number of hydrogen-bond acceptors (Lipinski definition) is 5. The van der Waals surface area contributed by atoms with Crippen LogP contribution in [-0.4, -0.2) is 39.1 Å². The molecule has 0 atom stereocenters. The van der Waals surface area contributed by atoms with Crippen molar-refractivity contribution in [1.29, 1.82) is 0 Å². The zero-order chi connectivity index (χ0) is 14.8. The summed E-state index contributed by atoms with van der Waals surface area (Å²) in [6.45, 7) is 0. The number of nitrogens with zero attached hydrogens (tertiary/aromatic N) is 5. The third kappa shape index (κ3) is 2.40. The standard InChI is InChI=1S/C14H14N6O/c1-19(2)11-8-12(21)20(10-6-4-3-5-7-10)18-13(11)14-15-9-16-17-14/h3-9H,1-2H3,(H,15,16,17). The van der Waals surface area contributed by atoms with E-state index in [9.17, 15) is 4.79 Å². The van der Waals surface area contributed by atoms with E-state index in [2.05, 4.69) is 20.3 Å². The van der Waals surface area contributed by atoms with Crippen molar-refractivity contribution in [2.24, 2.45) is 0 Å². The minimum Gasteiger partial charge on any atom is -0.376 e. The van der Waals surface area contributed by atoms with Crippen LogP contribution in [0.4, 0.5) is 5.69 Å².